The SMILES string of the molecule is CCOC(=O)[C@H]1C(=O)C=C(c2ccco2)C[C@H]1c1cccs1. The summed E-state index contributed by atoms with van der Waals surface area (Å²) >= 11 is 1.55. The number of carbonyl (C=O) groups is 2. The second kappa shape index (κ2) is 6.32. The Labute approximate surface area is 132 Å². The minimum Gasteiger partial charge on any atom is -0.465 e. The van der Waals surface area contributed by atoms with Crippen LogP contribution in [0.25, 0.3) is 5.57 Å². The minimum atomic E-state index is -0.766. The van der Waals surface area contributed by atoms with Crippen LogP contribution in [0, 0.1) is 5.92 Å². The van der Waals surface area contributed by atoms with Crippen molar-refractivity contribution in [2.24, 2.45) is 5.92 Å². The first kappa shape index (κ1) is 14.8. The zero-order chi connectivity index (χ0) is 15.5. The van der Waals surface area contributed by atoms with E-state index in [9.17, 15) is 9.59 Å². The fourth-order valence-electron chi connectivity index (χ4n) is 2.79. The van der Waals surface area contributed by atoms with Gasteiger partial charge in [0.05, 0.1) is 12.9 Å². The molecule has 0 bridgehead atoms. The van der Waals surface area contributed by atoms with Gasteiger partial charge in [-0.15, -0.1) is 11.3 Å². The molecule has 0 saturated carbocycles. The number of ketones is 1. The van der Waals surface area contributed by atoms with E-state index in [0.717, 1.165) is 10.5 Å². The first-order valence-corrected chi connectivity index (χ1v) is 8.07. The largest absolute Gasteiger partial charge is 0.465 e. The summed E-state index contributed by atoms with van der Waals surface area (Å²) in [5.74, 6) is -0.943. The highest BCUT2D eigenvalue weighted by molar-refractivity contribution is 7.10. The molecule has 1 aliphatic rings. The molecule has 0 saturated heterocycles. The van der Waals surface area contributed by atoms with Crippen LogP contribution in [0.3, 0.4) is 0 Å². The Morgan fingerprint density at radius 3 is 2.91 bits per heavy atom. The summed E-state index contributed by atoms with van der Waals surface area (Å²) in [6, 6.07) is 7.50. The van der Waals surface area contributed by atoms with Crippen LogP contribution in [0.5, 0.6) is 0 Å². The van der Waals surface area contributed by atoms with Crippen LogP contribution in [0.4, 0.5) is 0 Å². The maximum absolute atomic E-state index is 12.5. The van der Waals surface area contributed by atoms with Crippen molar-refractivity contribution in [1.82, 2.24) is 0 Å². The van der Waals surface area contributed by atoms with Gasteiger partial charge in [0.15, 0.2) is 5.78 Å². The van der Waals surface area contributed by atoms with Gasteiger partial charge in [0.25, 0.3) is 0 Å². The molecule has 0 amide bonds. The van der Waals surface area contributed by atoms with Gasteiger partial charge in [-0.3, -0.25) is 9.59 Å². The number of carbonyl (C=O) groups excluding carboxylic acids is 2. The molecule has 0 radical (unpaired) electrons. The number of rotatable bonds is 4. The van der Waals surface area contributed by atoms with E-state index in [2.05, 4.69) is 0 Å². The molecule has 0 aromatic carbocycles. The predicted octanol–water partition coefficient (Wildman–Crippen LogP) is 3.66. The van der Waals surface area contributed by atoms with E-state index in [-0.39, 0.29) is 18.3 Å². The van der Waals surface area contributed by atoms with Gasteiger partial charge in [0.2, 0.25) is 0 Å². The molecule has 0 fully saturated rings. The van der Waals surface area contributed by atoms with Crippen LogP contribution in [0.1, 0.15) is 29.9 Å². The van der Waals surface area contributed by atoms with Gasteiger partial charge in [0.1, 0.15) is 11.7 Å². The maximum Gasteiger partial charge on any atom is 0.317 e. The molecule has 2 atom stereocenters. The third-order valence-electron chi connectivity index (χ3n) is 3.75. The fraction of sp³-hybridized carbons (Fsp3) is 0.294. The van der Waals surface area contributed by atoms with Gasteiger partial charge >= 0.3 is 5.97 Å². The number of esters is 1. The van der Waals surface area contributed by atoms with Gasteiger partial charge in [0, 0.05) is 10.8 Å². The number of furan rings is 1. The summed E-state index contributed by atoms with van der Waals surface area (Å²) in [6.07, 6.45) is 3.69. The number of thiophene rings is 1. The second-order valence-corrected chi connectivity index (χ2v) is 6.08. The standard InChI is InChI=1S/C17H16O4S/c1-2-20-17(19)16-12(15-6-4-8-22-15)9-11(10-13(16)18)14-5-3-7-21-14/h3-8,10,12,16H,2,9H2,1H3/t12-,16+/m0/s1. The van der Waals surface area contributed by atoms with E-state index in [0.29, 0.717) is 12.2 Å². The average molecular weight is 316 g/mol. The Hall–Kier alpha value is -2.14. The van der Waals surface area contributed by atoms with Crippen molar-refractivity contribution in [2.75, 3.05) is 6.61 Å². The molecule has 114 valence electrons. The highest BCUT2D eigenvalue weighted by Crippen LogP contribution is 2.41. The molecule has 0 N–H and O–H groups in total. The van der Waals surface area contributed by atoms with Crippen molar-refractivity contribution < 1.29 is 18.7 Å². The molecular formula is C17H16O4S. The van der Waals surface area contributed by atoms with Crippen molar-refractivity contribution in [2.45, 2.75) is 19.3 Å². The second-order valence-electron chi connectivity index (χ2n) is 5.11. The molecule has 4 nitrogen and oxygen atoms in total. The quantitative estimate of drug-likeness (QED) is 0.638. The third kappa shape index (κ3) is 2.76. The lowest BCUT2D eigenvalue weighted by atomic mass is 9.77. The van der Waals surface area contributed by atoms with E-state index in [1.165, 1.54) is 6.08 Å². The first-order chi connectivity index (χ1) is 10.7. The van der Waals surface area contributed by atoms with Crippen LogP contribution in [-0.4, -0.2) is 18.4 Å². The fourth-order valence-corrected chi connectivity index (χ4v) is 3.65. The summed E-state index contributed by atoms with van der Waals surface area (Å²) in [5, 5.41) is 1.95. The van der Waals surface area contributed by atoms with Crippen molar-refractivity contribution >= 4 is 28.7 Å². The van der Waals surface area contributed by atoms with Crippen LogP contribution in [0.2, 0.25) is 0 Å². The molecule has 3 rings (SSSR count). The van der Waals surface area contributed by atoms with Crippen LogP contribution in [0.15, 0.2) is 46.4 Å². The van der Waals surface area contributed by atoms with E-state index in [1.54, 1.807) is 30.6 Å². The van der Waals surface area contributed by atoms with Crippen molar-refractivity contribution in [3.05, 3.63) is 52.6 Å². The Balaban J connectivity index is 1.98. The third-order valence-corrected chi connectivity index (χ3v) is 4.76. The summed E-state index contributed by atoms with van der Waals surface area (Å²) in [6.45, 7) is 2.02. The van der Waals surface area contributed by atoms with Crippen molar-refractivity contribution in [3.8, 4) is 0 Å². The summed E-state index contributed by atoms with van der Waals surface area (Å²) in [5.41, 5.74) is 0.828. The van der Waals surface area contributed by atoms with E-state index in [4.69, 9.17) is 9.15 Å². The summed E-state index contributed by atoms with van der Waals surface area (Å²) < 4.78 is 10.5. The van der Waals surface area contributed by atoms with Crippen LogP contribution >= 0.6 is 11.3 Å². The Morgan fingerprint density at radius 2 is 2.27 bits per heavy atom. The molecular weight excluding hydrogens is 300 g/mol. The van der Waals surface area contributed by atoms with Crippen LogP contribution in [-0.2, 0) is 14.3 Å². The van der Waals surface area contributed by atoms with E-state index in [1.807, 2.05) is 23.6 Å². The monoisotopic (exact) mass is 316 g/mol. The van der Waals surface area contributed by atoms with Gasteiger partial charge in [-0.05, 0) is 48.6 Å². The zero-order valence-electron chi connectivity index (χ0n) is 12.2. The number of hydrogen-bond donors (Lipinski definition) is 0. The molecule has 0 spiro atoms. The topological polar surface area (TPSA) is 56.5 Å². The Morgan fingerprint density at radius 1 is 1.41 bits per heavy atom. The minimum absolute atomic E-state index is 0.198. The highest BCUT2D eigenvalue weighted by Gasteiger charge is 2.40. The summed E-state index contributed by atoms with van der Waals surface area (Å²) in [4.78, 5) is 25.7. The smallest absolute Gasteiger partial charge is 0.317 e. The van der Waals surface area contributed by atoms with Crippen molar-refractivity contribution in [3.63, 3.8) is 0 Å². The lowest BCUT2D eigenvalue weighted by molar-refractivity contribution is -0.151. The normalized spacial score (nSPS) is 21.5. The molecule has 0 aliphatic heterocycles. The van der Waals surface area contributed by atoms with E-state index < -0.39 is 11.9 Å². The molecule has 0 unspecified atom stereocenters. The van der Waals surface area contributed by atoms with Crippen molar-refractivity contribution in [1.29, 1.82) is 0 Å². The van der Waals surface area contributed by atoms with Gasteiger partial charge in [-0.1, -0.05) is 6.07 Å². The number of hydrogen-bond acceptors (Lipinski definition) is 5. The van der Waals surface area contributed by atoms with E-state index >= 15 is 0 Å². The lowest BCUT2D eigenvalue weighted by Crippen LogP contribution is -2.33. The number of ether oxygens (including phenoxy) is 1. The number of allylic oxidation sites excluding steroid dienone is 2. The predicted molar refractivity (Wildman–Crippen MR) is 83.5 cm³/mol. The lowest BCUT2D eigenvalue weighted by Gasteiger charge is -2.27. The molecule has 2 aromatic heterocycles. The highest BCUT2D eigenvalue weighted by atomic mass is 32.1. The average Bonchev–Trinajstić information content (AvgIpc) is 3.20. The Kier molecular flexibility index (Phi) is 4.24. The summed E-state index contributed by atoms with van der Waals surface area (Å²) in [7, 11) is 0. The van der Waals surface area contributed by atoms with Gasteiger partial charge < -0.3 is 9.15 Å². The van der Waals surface area contributed by atoms with Gasteiger partial charge in [-0.25, -0.2) is 0 Å². The first-order valence-electron chi connectivity index (χ1n) is 7.19. The maximum atomic E-state index is 12.5. The van der Waals surface area contributed by atoms with Gasteiger partial charge in [-0.2, -0.15) is 0 Å². The molecule has 22 heavy (non-hydrogen) atoms. The molecule has 2 aromatic rings. The Bertz CT molecular complexity index is 682. The van der Waals surface area contributed by atoms with Crippen LogP contribution < -0.4 is 0 Å². The zero-order valence-corrected chi connectivity index (χ0v) is 13.0. The molecule has 2 heterocycles. The molecule has 5 heteroatoms. The molecule has 1 aliphatic carbocycles.